The van der Waals surface area contributed by atoms with Gasteiger partial charge in [-0.3, -0.25) is 19.3 Å². The highest BCUT2D eigenvalue weighted by Gasteiger charge is 2.43. The van der Waals surface area contributed by atoms with Crippen LogP contribution >= 0.6 is 11.8 Å². The highest BCUT2D eigenvalue weighted by Crippen LogP contribution is 2.41. The Hall–Kier alpha value is -3.71. The number of amides is 1. The van der Waals surface area contributed by atoms with Gasteiger partial charge in [0.25, 0.3) is 5.91 Å². The monoisotopic (exact) mass is 459 g/mol. The number of halogens is 1. The van der Waals surface area contributed by atoms with Crippen molar-refractivity contribution in [3.05, 3.63) is 105 Å². The Morgan fingerprint density at radius 1 is 1.00 bits per heavy atom. The number of anilines is 1. The molecule has 0 aliphatic carbocycles. The summed E-state index contributed by atoms with van der Waals surface area (Å²) in [4.78, 5) is 41.3. The molecule has 1 unspecified atom stereocenters. The maximum Gasteiger partial charge on any atom is 0.295 e. The van der Waals surface area contributed by atoms with Crippen LogP contribution in [0.25, 0.3) is 11.0 Å². The van der Waals surface area contributed by atoms with E-state index in [-0.39, 0.29) is 28.1 Å². The van der Waals surface area contributed by atoms with E-state index in [2.05, 4.69) is 0 Å². The van der Waals surface area contributed by atoms with E-state index >= 15 is 0 Å². The first-order valence-electron chi connectivity index (χ1n) is 10.2. The molecule has 3 aromatic carbocycles. The van der Waals surface area contributed by atoms with Crippen LogP contribution < -0.4 is 10.3 Å². The largest absolute Gasteiger partial charge is 0.450 e. The van der Waals surface area contributed by atoms with Crippen molar-refractivity contribution in [1.29, 1.82) is 0 Å². The summed E-state index contributed by atoms with van der Waals surface area (Å²) in [6.07, 6.45) is 1.96. The average molecular weight is 459 g/mol. The summed E-state index contributed by atoms with van der Waals surface area (Å²) in [5.41, 5.74) is 1.63. The average Bonchev–Trinajstić information content (AvgIpc) is 3.12. The number of benzene rings is 3. The zero-order valence-electron chi connectivity index (χ0n) is 17.8. The lowest BCUT2D eigenvalue weighted by atomic mass is 9.98. The Balaban J connectivity index is 1.76. The van der Waals surface area contributed by atoms with Crippen LogP contribution in [-0.4, -0.2) is 17.9 Å². The van der Waals surface area contributed by atoms with E-state index in [9.17, 15) is 18.8 Å². The molecule has 0 N–H and O–H groups in total. The Bertz CT molecular complexity index is 1480. The van der Waals surface area contributed by atoms with E-state index in [1.807, 2.05) is 30.5 Å². The van der Waals surface area contributed by atoms with Gasteiger partial charge in [0, 0.05) is 16.1 Å². The van der Waals surface area contributed by atoms with Crippen LogP contribution in [0.2, 0.25) is 0 Å². The second-order valence-corrected chi connectivity index (χ2v) is 8.65. The number of Topliss-reactive ketones (excluding diaryl/α,β-unsaturated/α-hetero) is 1. The summed E-state index contributed by atoms with van der Waals surface area (Å²) in [6, 6.07) is 17.1. The van der Waals surface area contributed by atoms with Crippen molar-refractivity contribution in [2.24, 2.45) is 0 Å². The fourth-order valence-electron chi connectivity index (χ4n) is 4.17. The molecule has 164 valence electrons. The predicted molar refractivity (Wildman–Crippen MR) is 126 cm³/mol. The van der Waals surface area contributed by atoms with Crippen LogP contribution in [0.3, 0.4) is 0 Å². The zero-order chi connectivity index (χ0) is 23.3. The molecule has 4 aromatic rings. The van der Waals surface area contributed by atoms with Crippen LogP contribution in [-0.2, 0) is 0 Å². The zero-order valence-corrected chi connectivity index (χ0v) is 18.6. The molecule has 5 nitrogen and oxygen atoms in total. The molecule has 0 fully saturated rings. The normalized spacial score (nSPS) is 15.2. The molecule has 33 heavy (non-hydrogen) atoms. The predicted octanol–water partition coefficient (Wildman–Crippen LogP) is 5.61. The van der Waals surface area contributed by atoms with Crippen LogP contribution in [0.4, 0.5) is 10.1 Å². The first-order chi connectivity index (χ1) is 15.9. The molecule has 0 bridgehead atoms. The molecule has 0 spiro atoms. The molecule has 1 amide bonds. The smallest absolute Gasteiger partial charge is 0.295 e. The highest BCUT2D eigenvalue weighted by molar-refractivity contribution is 7.98. The summed E-state index contributed by atoms with van der Waals surface area (Å²) in [7, 11) is 0. The van der Waals surface area contributed by atoms with Gasteiger partial charge in [-0.05, 0) is 73.3 Å². The number of carbonyl (C=O) groups excluding carboxylic acids is 2. The lowest BCUT2D eigenvalue weighted by Gasteiger charge is -2.25. The van der Waals surface area contributed by atoms with Crippen molar-refractivity contribution in [2.75, 3.05) is 11.2 Å². The topological polar surface area (TPSA) is 67.6 Å². The number of carbonyl (C=O) groups is 2. The van der Waals surface area contributed by atoms with Crippen molar-refractivity contribution < 1.29 is 18.4 Å². The summed E-state index contributed by atoms with van der Waals surface area (Å²) in [5, 5.41) is 0.0843. The molecule has 1 atom stereocenters. The number of fused-ring (bicyclic) bond motifs is 2. The Morgan fingerprint density at radius 2 is 1.70 bits per heavy atom. The first-order valence-corrected chi connectivity index (χ1v) is 11.5. The SMILES string of the molecule is CSc1ccc(C2c3c(oc4ccc(F)cc4c3=O)C(=O)N2c2ccc(C(C)=O)cc2)cc1. The maximum atomic E-state index is 13.9. The number of rotatable bonds is 4. The number of hydrogen-bond acceptors (Lipinski definition) is 5. The van der Waals surface area contributed by atoms with Crippen molar-refractivity contribution in [2.45, 2.75) is 17.9 Å². The third-order valence-corrected chi connectivity index (χ3v) is 6.56. The van der Waals surface area contributed by atoms with E-state index < -0.39 is 23.2 Å². The van der Waals surface area contributed by atoms with Crippen LogP contribution in [0.1, 0.15) is 45.0 Å². The molecule has 1 aliphatic heterocycles. The van der Waals surface area contributed by atoms with Crippen LogP contribution in [0, 0.1) is 5.82 Å². The van der Waals surface area contributed by atoms with Gasteiger partial charge in [0.05, 0.1) is 17.0 Å². The second kappa shape index (κ2) is 8.01. The minimum atomic E-state index is -0.754. The van der Waals surface area contributed by atoms with Gasteiger partial charge in [-0.1, -0.05) is 12.1 Å². The van der Waals surface area contributed by atoms with Crippen molar-refractivity contribution >= 4 is 40.1 Å². The first kappa shape index (κ1) is 21.2. The van der Waals surface area contributed by atoms with Gasteiger partial charge in [-0.15, -0.1) is 11.8 Å². The number of hydrogen-bond donors (Lipinski definition) is 0. The fraction of sp³-hybridized carbons (Fsp3) is 0.115. The van der Waals surface area contributed by atoms with Crippen molar-refractivity contribution in [1.82, 2.24) is 0 Å². The summed E-state index contributed by atoms with van der Waals surface area (Å²) >= 11 is 1.58. The second-order valence-electron chi connectivity index (χ2n) is 7.77. The quantitative estimate of drug-likeness (QED) is 0.293. The molecule has 0 saturated carbocycles. The highest BCUT2D eigenvalue weighted by atomic mass is 32.2. The molecule has 0 radical (unpaired) electrons. The van der Waals surface area contributed by atoms with E-state index in [1.54, 1.807) is 36.0 Å². The Labute approximate surface area is 192 Å². The number of ketones is 1. The van der Waals surface area contributed by atoms with E-state index in [0.717, 1.165) is 16.5 Å². The van der Waals surface area contributed by atoms with E-state index in [4.69, 9.17) is 4.42 Å². The summed E-state index contributed by atoms with van der Waals surface area (Å²) < 4.78 is 19.8. The fourth-order valence-corrected chi connectivity index (χ4v) is 4.58. The lowest BCUT2D eigenvalue weighted by molar-refractivity contribution is 0.0970. The van der Waals surface area contributed by atoms with Gasteiger partial charge < -0.3 is 4.42 Å². The van der Waals surface area contributed by atoms with Gasteiger partial charge in [-0.25, -0.2) is 4.39 Å². The van der Waals surface area contributed by atoms with E-state index in [0.29, 0.717) is 11.3 Å². The lowest BCUT2D eigenvalue weighted by Crippen LogP contribution is -2.29. The number of nitrogens with zero attached hydrogens (tertiary/aromatic N) is 1. The molecular formula is C26H18FNO4S. The molecule has 7 heteroatoms. The minimum Gasteiger partial charge on any atom is -0.450 e. The van der Waals surface area contributed by atoms with Crippen LogP contribution in [0.5, 0.6) is 0 Å². The Kier molecular flexibility index (Phi) is 5.13. The van der Waals surface area contributed by atoms with Gasteiger partial charge in [0.2, 0.25) is 5.76 Å². The Morgan fingerprint density at radius 3 is 2.33 bits per heavy atom. The standard InChI is InChI=1S/C26H18FNO4S/c1-14(29)15-3-8-18(9-4-15)28-23(16-5-10-19(33-2)11-6-16)22-24(30)20-13-17(27)7-12-21(20)32-25(22)26(28)31/h3-13,23H,1-2H3. The third kappa shape index (κ3) is 3.45. The molecule has 0 saturated heterocycles. The summed E-state index contributed by atoms with van der Waals surface area (Å²) in [6.45, 7) is 1.47. The van der Waals surface area contributed by atoms with Crippen molar-refractivity contribution in [3.63, 3.8) is 0 Å². The minimum absolute atomic E-state index is 0.0614. The van der Waals surface area contributed by atoms with Crippen LogP contribution in [0.15, 0.2) is 80.8 Å². The van der Waals surface area contributed by atoms with Gasteiger partial charge in [0.15, 0.2) is 11.2 Å². The number of thioether (sulfide) groups is 1. The molecule has 1 aromatic heterocycles. The molecule has 5 rings (SSSR count). The molecule has 1 aliphatic rings. The molecular weight excluding hydrogens is 441 g/mol. The van der Waals surface area contributed by atoms with Gasteiger partial charge in [0.1, 0.15) is 11.4 Å². The van der Waals surface area contributed by atoms with Crippen molar-refractivity contribution in [3.8, 4) is 0 Å². The maximum absolute atomic E-state index is 13.9. The van der Waals surface area contributed by atoms with Gasteiger partial charge >= 0.3 is 0 Å². The van der Waals surface area contributed by atoms with Gasteiger partial charge in [-0.2, -0.15) is 0 Å². The third-order valence-electron chi connectivity index (χ3n) is 5.82. The van der Waals surface area contributed by atoms with E-state index in [1.165, 1.54) is 24.0 Å². The summed E-state index contributed by atoms with van der Waals surface area (Å²) in [5.74, 6) is -1.18. The molecule has 2 heterocycles.